The van der Waals surface area contributed by atoms with Gasteiger partial charge in [-0.25, -0.2) is 0 Å². The Hall–Kier alpha value is -3.00. The van der Waals surface area contributed by atoms with Crippen LogP contribution in [0, 0.1) is 0 Å². The molecule has 0 bridgehead atoms. The maximum Gasteiger partial charge on any atom is 0.204 e. The lowest BCUT2D eigenvalue weighted by atomic mass is 9.92. The molecule has 0 radical (unpaired) electrons. The van der Waals surface area contributed by atoms with Gasteiger partial charge in [0.15, 0.2) is 0 Å². The third-order valence-corrected chi connectivity index (χ3v) is 6.18. The first kappa shape index (κ1) is 19.9. The standard InChI is InChI=1S/C23H25ClN6O/c1-30-9-7-14-11-20(31-2)19(10-15(14)13-30)27-22-28-21-18(6-8-26-21)23(25,29-22)16-4-3-5-17(24)12-16/h3-6,8,10-12,26H,7,9,13,25H2,1-2H3,(H2,27,28,29). The molecule has 2 aliphatic heterocycles. The first-order valence-electron chi connectivity index (χ1n) is 10.2. The average molecular weight is 437 g/mol. The summed E-state index contributed by atoms with van der Waals surface area (Å²) in [7, 11) is 3.81. The third-order valence-electron chi connectivity index (χ3n) is 5.95. The number of methoxy groups -OCH3 is 1. The fraction of sp³-hybridized carbons (Fsp3) is 0.261. The summed E-state index contributed by atoms with van der Waals surface area (Å²) in [6.07, 6.45) is 2.84. The molecule has 0 aliphatic carbocycles. The van der Waals surface area contributed by atoms with Crippen LogP contribution in [0.4, 0.5) is 11.5 Å². The van der Waals surface area contributed by atoms with Crippen LogP contribution in [-0.2, 0) is 18.6 Å². The van der Waals surface area contributed by atoms with Crippen molar-refractivity contribution < 1.29 is 4.74 Å². The van der Waals surface area contributed by atoms with Gasteiger partial charge in [0.25, 0.3) is 0 Å². The molecule has 1 unspecified atom stereocenters. The number of ether oxygens (including phenoxy) is 1. The Bertz CT molecular complexity index is 1170. The summed E-state index contributed by atoms with van der Waals surface area (Å²) in [5.74, 6) is 2.00. The van der Waals surface area contributed by atoms with Gasteiger partial charge in [-0.05, 0) is 60.5 Å². The van der Waals surface area contributed by atoms with E-state index in [2.05, 4.69) is 39.7 Å². The van der Waals surface area contributed by atoms with Crippen LogP contribution in [0.1, 0.15) is 22.3 Å². The molecular weight excluding hydrogens is 412 g/mol. The number of aromatic amines is 1. The van der Waals surface area contributed by atoms with E-state index in [1.165, 1.54) is 11.1 Å². The molecule has 5 rings (SSSR count). The number of H-pyrrole nitrogens is 1. The van der Waals surface area contributed by atoms with Crippen LogP contribution in [0.2, 0.25) is 5.02 Å². The molecule has 8 heteroatoms. The molecule has 7 nitrogen and oxygen atoms in total. The quantitative estimate of drug-likeness (QED) is 0.504. The number of halogens is 1. The van der Waals surface area contributed by atoms with E-state index in [0.717, 1.165) is 42.1 Å². The number of anilines is 1. The molecule has 2 aromatic carbocycles. The number of hydrogen-bond acceptors (Lipinski definition) is 6. The highest BCUT2D eigenvalue weighted by atomic mass is 35.5. The summed E-state index contributed by atoms with van der Waals surface area (Å²) >= 11 is 6.25. The number of likely N-dealkylation sites (N-methyl/N-ethyl adjacent to an activating group) is 1. The molecule has 1 atom stereocenters. The van der Waals surface area contributed by atoms with Crippen molar-refractivity contribution in [2.45, 2.75) is 18.6 Å². The predicted octanol–water partition coefficient (Wildman–Crippen LogP) is 3.53. The van der Waals surface area contributed by atoms with Crippen molar-refractivity contribution in [1.29, 1.82) is 0 Å². The summed E-state index contributed by atoms with van der Waals surface area (Å²) in [4.78, 5) is 10.2. The Morgan fingerprint density at radius 2 is 2.10 bits per heavy atom. The molecule has 2 aliphatic rings. The zero-order chi connectivity index (χ0) is 21.6. The van der Waals surface area contributed by atoms with Crippen LogP contribution in [0.3, 0.4) is 0 Å². The van der Waals surface area contributed by atoms with Gasteiger partial charge in [0, 0.05) is 29.9 Å². The molecule has 0 fully saturated rings. The van der Waals surface area contributed by atoms with E-state index in [9.17, 15) is 0 Å². The van der Waals surface area contributed by atoms with Gasteiger partial charge in [-0.1, -0.05) is 23.7 Å². The largest absolute Gasteiger partial charge is 0.495 e. The van der Waals surface area contributed by atoms with E-state index in [-0.39, 0.29) is 0 Å². The number of benzene rings is 2. The van der Waals surface area contributed by atoms with Gasteiger partial charge < -0.3 is 31.0 Å². The van der Waals surface area contributed by atoms with Gasteiger partial charge in [0.05, 0.1) is 12.8 Å². The second kappa shape index (κ2) is 7.60. The number of aromatic nitrogens is 1. The highest BCUT2D eigenvalue weighted by Crippen LogP contribution is 2.36. The Balaban J connectivity index is 1.53. The van der Waals surface area contributed by atoms with Crippen molar-refractivity contribution in [3.8, 4) is 5.75 Å². The second-order valence-corrected chi connectivity index (χ2v) is 8.51. The number of nitrogens with zero attached hydrogens (tertiary/aromatic N) is 2. The Labute approximate surface area is 186 Å². The number of guanidine groups is 1. The lowest BCUT2D eigenvalue weighted by molar-refractivity contribution is 0.312. The topological polar surface area (TPSA) is 90.7 Å². The van der Waals surface area contributed by atoms with Crippen molar-refractivity contribution in [3.05, 3.63) is 75.9 Å². The first-order chi connectivity index (χ1) is 15.0. The minimum atomic E-state index is -0.994. The zero-order valence-electron chi connectivity index (χ0n) is 17.5. The summed E-state index contributed by atoms with van der Waals surface area (Å²) in [5, 5.41) is 7.40. The predicted molar refractivity (Wildman–Crippen MR) is 124 cm³/mol. The highest BCUT2D eigenvalue weighted by Gasteiger charge is 2.37. The molecule has 160 valence electrons. The summed E-state index contributed by atoms with van der Waals surface area (Å²) < 4.78 is 5.67. The monoisotopic (exact) mass is 436 g/mol. The average Bonchev–Trinajstić information content (AvgIpc) is 3.23. The molecule has 0 saturated carbocycles. The molecule has 0 spiro atoms. The van der Waals surface area contributed by atoms with Crippen LogP contribution >= 0.6 is 11.6 Å². The first-order valence-corrected chi connectivity index (χ1v) is 10.6. The van der Waals surface area contributed by atoms with E-state index in [1.807, 2.05) is 36.5 Å². The van der Waals surface area contributed by atoms with Crippen molar-refractivity contribution in [1.82, 2.24) is 15.2 Å². The van der Waals surface area contributed by atoms with Crippen LogP contribution in [0.15, 0.2) is 53.7 Å². The van der Waals surface area contributed by atoms with E-state index in [1.54, 1.807) is 7.11 Å². The van der Waals surface area contributed by atoms with Gasteiger partial charge in [-0.2, -0.15) is 4.99 Å². The molecule has 0 saturated heterocycles. The van der Waals surface area contributed by atoms with Gasteiger partial charge in [0.1, 0.15) is 17.2 Å². The number of rotatable bonds is 3. The maximum absolute atomic E-state index is 6.90. The van der Waals surface area contributed by atoms with E-state index in [4.69, 9.17) is 27.1 Å². The van der Waals surface area contributed by atoms with Crippen LogP contribution < -0.4 is 21.1 Å². The van der Waals surface area contributed by atoms with Crippen molar-refractivity contribution in [2.24, 2.45) is 10.7 Å². The smallest absolute Gasteiger partial charge is 0.204 e. The molecule has 31 heavy (non-hydrogen) atoms. The van der Waals surface area contributed by atoms with Gasteiger partial charge in [-0.3, -0.25) is 0 Å². The molecule has 3 heterocycles. The van der Waals surface area contributed by atoms with E-state index in [0.29, 0.717) is 16.8 Å². The second-order valence-electron chi connectivity index (χ2n) is 8.08. The zero-order valence-corrected chi connectivity index (χ0v) is 18.3. The van der Waals surface area contributed by atoms with Crippen molar-refractivity contribution >= 4 is 29.1 Å². The van der Waals surface area contributed by atoms with Gasteiger partial charge in [-0.15, -0.1) is 0 Å². The van der Waals surface area contributed by atoms with E-state index >= 15 is 0 Å². The minimum absolute atomic E-state index is 0.528. The van der Waals surface area contributed by atoms with Gasteiger partial charge in [0.2, 0.25) is 5.96 Å². The highest BCUT2D eigenvalue weighted by molar-refractivity contribution is 6.30. The molecular formula is C23H25ClN6O. The number of aliphatic imine (C=N–C) groups is 1. The summed E-state index contributed by atoms with van der Waals surface area (Å²) in [6.45, 7) is 1.94. The third kappa shape index (κ3) is 3.54. The van der Waals surface area contributed by atoms with Crippen LogP contribution in [0.25, 0.3) is 0 Å². The molecule has 1 aromatic heterocycles. The SMILES string of the molecule is COc1cc2c(cc1NC1=Nc3[nH]ccc3C(N)(c3cccc(Cl)c3)N1)CN(C)CC2. The number of fused-ring (bicyclic) bond motifs is 2. The number of nitrogens with two attached hydrogens (primary N) is 1. The van der Waals surface area contributed by atoms with Crippen LogP contribution in [0.5, 0.6) is 5.75 Å². The Morgan fingerprint density at radius 1 is 1.23 bits per heavy atom. The fourth-order valence-corrected chi connectivity index (χ4v) is 4.50. The Morgan fingerprint density at radius 3 is 2.90 bits per heavy atom. The number of nitrogens with one attached hydrogen (secondary N) is 3. The summed E-state index contributed by atoms with van der Waals surface area (Å²) in [5.41, 5.74) is 11.0. The normalized spacial score (nSPS) is 20.3. The molecule has 0 amide bonds. The maximum atomic E-state index is 6.90. The fourth-order valence-electron chi connectivity index (χ4n) is 4.31. The summed E-state index contributed by atoms with van der Waals surface area (Å²) in [6, 6.07) is 13.7. The Kier molecular flexibility index (Phi) is 4.89. The van der Waals surface area contributed by atoms with Crippen LogP contribution in [-0.4, -0.2) is 36.5 Å². The minimum Gasteiger partial charge on any atom is -0.495 e. The lowest BCUT2D eigenvalue weighted by Gasteiger charge is -2.36. The molecule has 5 N–H and O–H groups in total. The van der Waals surface area contributed by atoms with E-state index < -0.39 is 5.66 Å². The number of hydrogen-bond donors (Lipinski definition) is 4. The van der Waals surface area contributed by atoms with Gasteiger partial charge >= 0.3 is 0 Å². The van der Waals surface area contributed by atoms with Crippen molar-refractivity contribution in [2.75, 3.05) is 26.0 Å². The molecule has 3 aromatic rings. The van der Waals surface area contributed by atoms with Crippen molar-refractivity contribution in [3.63, 3.8) is 0 Å². The lowest BCUT2D eigenvalue weighted by Crippen LogP contribution is -2.57.